The van der Waals surface area contributed by atoms with Crippen molar-refractivity contribution < 1.29 is 9.21 Å². The first kappa shape index (κ1) is 20.5. The van der Waals surface area contributed by atoms with E-state index >= 15 is 0 Å². The normalized spacial score (nSPS) is 11.5. The van der Waals surface area contributed by atoms with Gasteiger partial charge in [-0.15, -0.1) is 11.3 Å². The van der Waals surface area contributed by atoms with Gasteiger partial charge in [-0.2, -0.15) is 0 Å². The Kier molecular flexibility index (Phi) is 8.18. The molecule has 2 heterocycles. The maximum absolute atomic E-state index is 12.0. The average molecular weight is 441 g/mol. The fraction of sp³-hybridized carbons (Fsp3) is 0.444. The van der Waals surface area contributed by atoms with Gasteiger partial charge >= 0.3 is 0 Å². The number of furan rings is 1. The molecule has 2 aromatic rings. The molecule has 26 heavy (non-hydrogen) atoms. The number of hydrogen-bond donors (Lipinski definition) is 2. The fourth-order valence-electron chi connectivity index (χ4n) is 2.37. The molecule has 0 aromatic carbocycles. The quantitative estimate of drug-likeness (QED) is 0.373. The van der Waals surface area contributed by atoms with Crippen molar-refractivity contribution in [2.24, 2.45) is 4.99 Å². The predicted octanol–water partition coefficient (Wildman–Crippen LogP) is 3.63. The highest BCUT2D eigenvalue weighted by molar-refractivity contribution is 9.11. The van der Waals surface area contributed by atoms with Crippen LogP contribution < -0.4 is 10.6 Å². The van der Waals surface area contributed by atoms with Crippen molar-refractivity contribution in [2.75, 3.05) is 26.7 Å². The van der Waals surface area contributed by atoms with Crippen LogP contribution >= 0.6 is 27.3 Å². The summed E-state index contributed by atoms with van der Waals surface area (Å²) in [7, 11) is 2.02. The molecule has 1 amide bonds. The Balaban J connectivity index is 1.79. The third kappa shape index (κ3) is 6.17. The number of guanidine groups is 1. The number of nitrogens with zero attached hydrogens (tertiary/aromatic N) is 2. The molecule has 0 unspecified atom stereocenters. The molecule has 0 saturated carbocycles. The zero-order chi connectivity index (χ0) is 18.9. The van der Waals surface area contributed by atoms with Gasteiger partial charge in [0, 0.05) is 37.1 Å². The lowest BCUT2D eigenvalue weighted by atomic mass is 10.2. The van der Waals surface area contributed by atoms with E-state index in [2.05, 4.69) is 55.5 Å². The Bertz CT molecular complexity index is 741. The largest absolute Gasteiger partial charge is 0.459 e. The predicted molar refractivity (Wildman–Crippen MR) is 110 cm³/mol. The minimum atomic E-state index is -0.177. The van der Waals surface area contributed by atoms with Gasteiger partial charge in [-0.25, -0.2) is 0 Å². The maximum Gasteiger partial charge on any atom is 0.287 e. The van der Waals surface area contributed by atoms with E-state index in [4.69, 9.17) is 4.42 Å². The molecule has 0 atom stereocenters. The number of thiophene rings is 1. The molecule has 6 nitrogen and oxygen atoms in total. The molecule has 0 bridgehead atoms. The van der Waals surface area contributed by atoms with E-state index in [0.717, 1.165) is 34.8 Å². The molecular formula is C18H25BrN4O2S. The monoisotopic (exact) mass is 440 g/mol. The van der Waals surface area contributed by atoms with Crippen molar-refractivity contribution in [3.05, 3.63) is 44.4 Å². The standard InChI is InChI=1S/C18H25BrN4O2S/c1-4-20-18(23(3)12-14-6-7-15(19)26-14)22-10-5-9-21-17(24)16-13(2)8-11-25-16/h6-8,11H,4-5,9-10,12H2,1-3H3,(H,20,22)(H,21,24). The smallest absolute Gasteiger partial charge is 0.287 e. The SMILES string of the molecule is CCNC(=NCCCNC(=O)c1occc1C)N(C)Cc1ccc(Br)s1. The fourth-order valence-corrected chi connectivity index (χ4v) is 3.90. The Morgan fingerprint density at radius 3 is 2.77 bits per heavy atom. The van der Waals surface area contributed by atoms with Crippen molar-refractivity contribution in [1.29, 1.82) is 0 Å². The van der Waals surface area contributed by atoms with E-state index in [9.17, 15) is 4.79 Å². The van der Waals surface area contributed by atoms with Crippen LogP contribution in [0.1, 0.15) is 34.3 Å². The highest BCUT2D eigenvalue weighted by Gasteiger charge is 2.11. The average Bonchev–Trinajstić information content (AvgIpc) is 3.21. The molecule has 2 aromatic heterocycles. The van der Waals surface area contributed by atoms with Crippen LogP contribution in [-0.4, -0.2) is 43.4 Å². The summed E-state index contributed by atoms with van der Waals surface area (Å²) in [5.74, 6) is 1.07. The second-order valence-electron chi connectivity index (χ2n) is 5.84. The Labute approximate surface area is 166 Å². The topological polar surface area (TPSA) is 69.9 Å². The van der Waals surface area contributed by atoms with Crippen molar-refractivity contribution in [2.45, 2.75) is 26.8 Å². The Hall–Kier alpha value is -1.80. The number of aryl methyl sites for hydroxylation is 1. The molecule has 0 radical (unpaired) electrons. The first-order chi connectivity index (χ1) is 12.5. The molecule has 0 aliphatic rings. The summed E-state index contributed by atoms with van der Waals surface area (Å²) in [6, 6.07) is 5.95. The summed E-state index contributed by atoms with van der Waals surface area (Å²) >= 11 is 5.21. The first-order valence-electron chi connectivity index (χ1n) is 8.57. The lowest BCUT2D eigenvalue weighted by Gasteiger charge is -2.21. The molecule has 0 aliphatic carbocycles. The highest BCUT2D eigenvalue weighted by atomic mass is 79.9. The second kappa shape index (κ2) is 10.4. The molecule has 0 saturated heterocycles. The zero-order valence-electron chi connectivity index (χ0n) is 15.3. The van der Waals surface area contributed by atoms with Crippen LogP contribution in [0.15, 0.2) is 37.7 Å². The number of nitrogens with one attached hydrogen (secondary N) is 2. The maximum atomic E-state index is 12.0. The van der Waals surface area contributed by atoms with Crippen LogP contribution in [0.3, 0.4) is 0 Å². The van der Waals surface area contributed by atoms with Crippen LogP contribution in [0.25, 0.3) is 0 Å². The zero-order valence-corrected chi connectivity index (χ0v) is 17.7. The molecule has 2 rings (SSSR count). The molecule has 0 spiro atoms. The number of amides is 1. The molecule has 8 heteroatoms. The van der Waals surface area contributed by atoms with Crippen LogP contribution in [-0.2, 0) is 6.54 Å². The van der Waals surface area contributed by atoms with E-state index < -0.39 is 0 Å². The lowest BCUT2D eigenvalue weighted by molar-refractivity contribution is 0.0925. The summed E-state index contributed by atoms with van der Waals surface area (Å²) in [5.41, 5.74) is 0.844. The number of carbonyl (C=O) groups is 1. The highest BCUT2D eigenvalue weighted by Crippen LogP contribution is 2.22. The second-order valence-corrected chi connectivity index (χ2v) is 8.39. The molecular weight excluding hydrogens is 416 g/mol. The summed E-state index contributed by atoms with van der Waals surface area (Å²) in [4.78, 5) is 20.0. The molecule has 142 valence electrons. The van der Waals surface area contributed by atoms with E-state index in [1.54, 1.807) is 17.4 Å². The number of rotatable bonds is 8. The summed E-state index contributed by atoms with van der Waals surface area (Å²) in [5, 5.41) is 6.17. The minimum Gasteiger partial charge on any atom is -0.459 e. The van der Waals surface area contributed by atoms with Gasteiger partial charge in [-0.1, -0.05) is 0 Å². The third-order valence-electron chi connectivity index (χ3n) is 3.67. The Morgan fingerprint density at radius 2 is 2.15 bits per heavy atom. The van der Waals surface area contributed by atoms with Gasteiger partial charge in [0.2, 0.25) is 0 Å². The van der Waals surface area contributed by atoms with E-state index in [0.29, 0.717) is 18.8 Å². The van der Waals surface area contributed by atoms with Gasteiger partial charge in [0.15, 0.2) is 11.7 Å². The van der Waals surface area contributed by atoms with Crippen molar-refractivity contribution in [3.8, 4) is 0 Å². The summed E-state index contributed by atoms with van der Waals surface area (Å²) < 4.78 is 6.31. The van der Waals surface area contributed by atoms with Crippen molar-refractivity contribution in [3.63, 3.8) is 0 Å². The van der Waals surface area contributed by atoms with Crippen LogP contribution in [0, 0.1) is 6.92 Å². The number of hydrogen-bond acceptors (Lipinski definition) is 4. The van der Waals surface area contributed by atoms with Gasteiger partial charge in [-0.05, 0) is 54.4 Å². The summed E-state index contributed by atoms with van der Waals surface area (Å²) in [6.07, 6.45) is 2.29. The van der Waals surface area contributed by atoms with Crippen LogP contribution in [0.4, 0.5) is 0 Å². The lowest BCUT2D eigenvalue weighted by Crippen LogP contribution is -2.38. The van der Waals surface area contributed by atoms with Crippen molar-refractivity contribution >= 4 is 39.1 Å². The number of carbonyl (C=O) groups excluding carboxylic acids is 1. The van der Waals surface area contributed by atoms with Crippen molar-refractivity contribution in [1.82, 2.24) is 15.5 Å². The van der Waals surface area contributed by atoms with Gasteiger partial charge in [-0.3, -0.25) is 9.79 Å². The number of aliphatic imine (C=N–C) groups is 1. The molecule has 2 N–H and O–H groups in total. The van der Waals surface area contributed by atoms with Gasteiger partial charge in [0.05, 0.1) is 16.6 Å². The van der Waals surface area contributed by atoms with Crippen LogP contribution in [0.5, 0.6) is 0 Å². The third-order valence-corrected chi connectivity index (χ3v) is 5.28. The first-order valence-corrected chi connectivity index (χ1v) is 10.2. The minimum absolute atomic E-state index is 0.177. The van der Waals surface area contributed by atoms with Gasteiger partial charge in [0.25, 0.3) is 5.91 Å². The molecule has 0 fully saturated rings. The Morgan fingerprint density at radius 1 is 1.35 bits per heavy atom. The van der Waals surface area contributed by atoms with E-state index in [1.807, 2.05) is 14.0 Å². The summed E-state index contributed by atoms with van der Waals surface area (Å²) in [6.45, 7) is 6.72. The van der Waals surface area contributed by atoms with Gasteiger partial charge < -0.3 is 20.0 Å². The number of halogens is 1. The van der Waals surface area contributed by atoms with Gasteiger partial charge in [0.1, 0.15) is 0 Å². The van der Waals surface area contributed by atoms with E-state index in [-0.39, 0.29) is 5.91 Å². The van der Waals surface area contributed by atoms with E-state index in [1.165, 1.54) is 11.1 Å². The molecule has 0 aliphatic heterocycles. The van der Waals surface area contributed by atoms with Crippen LogP contribution in [0.2, 0.25) is 0 Å².